The summed E-state index contributed by atoms with van der Waals surface area (Å²) in [7, 11) is 0. The summed E-state index contributed by atoms with van der Waals surface area (Å²) in [6, 6.07) is 14.4. The lowest BCUT2D eigenvalue weighted by atomic mass is 9.88. The number of hydrogen-bond acceptors (Lipinski definition) is 3. The third-order valence-corrected chi connectivity index (χ3v) is 4.96. The monoisotopic (exact) mass is 340 g/mol. The first-order valence-electron chi connectivity index (χ1n) is 8.70. The number of halogens is 1. The van der Waals surface area contributed by atoms with Crippen molar-refractivity contribution in [2.24, 2.45) is 0 Å². The number of ether oxygens (including phenoxy) is 1. The van der Waals surface area contributed by atoms with Gasteiger partial charge in [-0.05, 0) is 35.2 Å². The Hall–Kier alpha value is -2.24. The fourth-order valence-electron chi connectivity index (χ4n) is 3.72. The highest BCUT2D eigenvalue weighted by Gasteiger charge is 2.36. The van der Waals surface area contributed by atoms with E-state index >= 15 is 0 Å². The van der Waals surface area contributed by atoms with Crippen LogP contribution in [-0.2, 0) is 16.0 Å². The first-order chi connectivity index (χ1) is 12.2. The molecule has 2 aliphatic heterocycles. The number of rotatable bonds is 2. The maximum atomic E-state index is 13.4. The van der Waals surface area contributed by atoms with E-state index in [1.54, 1.807) is 12.1 Å². The van der Waals surface area contributed by atoms with Crippen molar-refractivity contribution in [3.8, 4) is 0 Å². The van der Waals surface area contributed by atoms with E-state index < -0.39 is 6.10 Å². The molecule has 0 unspecified atom stereocenters. The largest absolute Gasteiger partial charge is 0.366 e. The van der Waals surface area contributed by atoms with Gasteiger partial charge in [-0.2, -0.15) is 0 Å². The minimum absolute atomic E-state index is 0.00368. The third kappa shape index (κ3) is 3.17. The molecule has 0 radical (unpaired) electrons. The zero-order chi connectivity index (χ0) is 17.2. The van der Waals surface area contributed by atoms with Crippen molar-refractivity contribution in [2.75, 3.05) is 26.2 Å². The van der Waals surface area contributed by atoms with Crippen LogP contribution in [0, 0.1) is 5.82 Å². The van der Waals surface area contributed by atoms with E-state index in [0.29, 0.717) is 19.7 Å². The molecule has 0 saturated carbocycles. The fourth-order valence-corrected chi connectivity index (χ4v) is 3.72. The van der Waals surface area contributed by atoms with E-state index in [0.717, 1.165) is 24.1 Å². The number of morpholine rings is 1. The standard InChI is InChI=1S/C20H21FN2O2/c21-16-7-5-15(6-8-16)19-17-4-2-1-3-14(17)9-11-23(19)20(24)18-13-22-10-12-25-18/h1-8,18-19,22H,9-13H2/t18-,19+/m1/s1. The normalized spacial score (nSPS) is 23.2. The summed E-state index contributed by atoms with van der Waals surface area (Å²) in [5.74, 6) is -0.276. The van der Waals surface area contributed by atoms with Crippen LogP contribution in [0.3, 0.4) is 0 Å². The highest BCUT2D eigenvalue weighted by molar-refractivity contribution is 5.82. The summed E-state index contributed by atoms with van der Waals surface area (Å²) >= 11 is 0. The van der Waals surface area contributed by atoms with Crippen molar-refractivity contribution in [2.45, 2.75) is 18.6 Å². The second-order valence-corrected chi connectivity index (χ2v) is 6.50. The molecule has 0 aliphatic carbocycles. The maximum absolute atomic E-state index is 13.4. The number of carbonyl (C=O) groups excluding carboxylic acids is 1. The molecule has 4 rings (SSSR count). The molecule has 0 bridgehead atoms. The zero-order valence-electron chi connectivity index (χ0n) is 14.0. The SMILES string of the molecule is O=C([C@H]1CNCCO1)N1CCc2ccccc2[C@@H]1c1ccc(F)cc1. The van der Waals surface area contributed by atoms with E-state index in [2.05, 4.69) is 17.4 Å². The Kier molecular flexibility index (Phi) is 4.51. The summed E-state index contributed by atoms with van der Waals surface area (Å²) < 4.78 is 19.1. The fraction of sp³-hybridized carbons (Fsp3) is 0.350. The molecular formula is C20H21FN2O2. The summed E-state index contributed by atoms with van der Waals surface area (Å²) in [5, 5.41) is 3.21. The summed E-state index contributed by atoms with van der Waals surface area (Å²) in [4.78, 5) is 15.0. The Morgan fingerprint density at radius 1 is 1.16 bits per heavy atom. The molecule has 2 aromatic carbocycles. The predicted octanol–water partition coefficient (Wildman–Crippen LogP) is 2.29. The Bertz CT molecular complexity index is 757. The molecule has 2 aromatic rings. The van der Waals surface area contributed by atoms with Gasteiger partial charge in [-0.15, -0.1) is 0 Å². The van der Waals surface area contributed by atoms with E-state index in [1.807, 2.05) is 17.0 Å². The Balaban J connectivity index is 1.72. The van der Waals surface area contributed by atoms with Gasteiger partial charge in [0.2, 0.25) is 0 Å². The highest BCUT2D eigenvalue weighted by atomic mass is 19.1. The molecule has 1 N–H and O–H groups in total. The van der Waals surface area contributed by atoms with Crippen molar-refractivity contribution >= 4 is 5.91 Å². The lowest BCUT2D eigenvalue weighted by Gasteiger charge is -2.40. The molecule has 1 fully saturated rings. The lowest BCUT2D eigenvalue weighted by Crippen LogP contribution is -2.52. The van der Waals surface area contributed by atoms with Crippen LogP contribution in [-0.4, -0.2) is 43.2 Å². The minimum Gasteiger partial charge on any atom is -0.366 e. The van der Waals surface area contributed by atoms with Gasteiger partial charge in [0, 0.05) is 19.6 Å². The van der Waals surface area contributed by atoms with Gasteiger partial charge < -0.3 is 15.0 Å². The van der Waals surface area contributed by atoms with Gasteiger partial charge in [0.1, 0.15) is 11.9 Å². The van der Waals surface area contributed by atoms with Crippen LogP contribution >= 0.6 is 0 Å². The summed E-state index contributed by atoms with van der Waals surface area (Å²) in [5.41, 5.74) is 3.27. The van der Waals surface area contributed by atoms with E-state index in [-0.39, 0.29) is 17.8 Å². The number of fused-ring (bicyclic) bond motifs is 1. The average molecular weight is 340 g/mol. The van der Waals surface area contributed by atoms with Gasteiger partial charge in [-0.25, -0.2) is 4.39 Å². The van der Waals surface area contributed by atoms with Crippen molar-refractivity contribution in [3.05, 3.63) is 71.0 Å². The van der Waals surface area contributed by atoms with Crippen LogP contribution in [0.5, 0.6) is 0 Å². The topological polar surface area (TPSA) is 41.6 Å². The second-order valence-electron chi connectivity index (χ2n) is 6.50. The maximum Gasteiger partial charge on any atom is 0.253 e. The van der Waals surface area contributed by atoms with Crippen LogP contribution in [0.15, 0.2) is 48.5 Å². The third-order valence-electron chi connectivity index (χ3n) is 4.96. The molecule has 2 atom stereocenters. The predicted molar refractivity (Wildman–Crippen MR) is 92.7 cm³/mol. The van der Waals surface area contributed by atoms with Crippen molar-refractivity contribution in [1.82, 2.24) is 10.2 Å². The van der Waals surface area contributed by atoms with Crippen molar-refractivity contribution in [3.63, 3.8) is 0 Å². The number of hydrogen-bond donors (Lipinski definition) is 1. The molecule has 0 spiro atoms. The summed E-state index contributed by atoms with van der Waals surface area (Å²) in [6.45, 7) is 2.49. The van der Waals surface area contributed by atoms with Gasteiger partial charge in [0.25, 0.3) is 5.91 Å². The van der Waals surface area contributed by atoms with Gasteiger partial charge >= 0.3 is 0 Å². The molecule has 25 heavy (non-hydrogen) atoms. The van der Waals surface area contributed by atoms with Crippen LogP contribution in [0.25, 0.3) is 0 Å². The van der Waals surface area contributed by atoms with Crippen LogP contribution < -0.4 is 5.32 Å². The number of nitrogens with one attached hydrogen (secondary N) is 1. The average Bonchev–Trinajstić information content (AvgIpc) is 2.68. The molecule has 2 heterocycles. The van der Waals surface area contributed by atoms with Crippen LogP contribution in [0.4, 0.5) is 4.39 Å². The summed E-state index contributed by atoms with van der Waals surface area (Å²) in [6.07, 6.45) is 0.363. The van der Waals surface area contributed by atoms with Crippen LogP contribution in [0.1, 0.15) is 22.7 Å². The zero-order valence-corrected chi connectivity index (χ0v) is 14.0. The smallest absolute Gasteiger partial charge is 0.253 e. The number of amides is 1. The molecular weight excluding hydrogens is 319 g/mol. The molecule has 130 valence electrons. The number of carbonyl (C=O) groups is 1. The first kappa shape index (κ1) is 16.2. The van der Waals surface area contributed by atoms with Gasteiger partial charge in [-0.1, -0.05) is 36.4 Å². The number of benzene rings is 2. The first-order valence-corrected chi connectivity index (χ1v) is 8.70. The minimum atomic E-state index is -0.457. The van der Waals surface area contributed by atoms with Gasteiger partial charge in [0.05, 0.1) is 12.6 Å². The van der Waals surface area contributed by atoms with Crippen molar-refractivity contribution < 1.29 is 13.9 Å². The second kappa shape index (κ2) is 6.94. The Morgan fingerprint density at radius 2 is 1.96 bits per heavy atom. The molecule has 1 amide bonds. The van der Waals surface area contributed by atoms with Gasteiger partial charge in [0.15, 0.2) is 0 Å². The molecule has 2 aliphatic rings. The lowest BCUT2D eigenvalue weighted by molar-refractivity contribution is -0.147. The molecule has 0 aromatic heterocycles. The molecule has 1 saturated heterocycles. The van der Waals surface area contributed by atoms with E-state index in [1.165, 1.54) is 17.7 Å². The van der Waals surface area contributed by atoms with E-state index in [4.69, 9.17) is 4.74 Å². The molecule has 4 nitrogen and oxygen atoms in total. The molecule has 5 heteroatoms. The quantitative estimate of drug-likeness (QED) is 0.912. The van der Waals surface area contributed by atoms with Gasteiger partial charge in [-0.3, -0.25) is 4.79 Å². The number of nitrogens with zero attached hydrogens (tertiary/aromatic N) is 1. The highest BCUT2D eigenvalue weighted by Crippen LogP contribution is 2.35. The van der Waals surface area contributed by atoms with E-state index in [9.17, 15) is 9.18 Å². The Labute approximate surface area is 146 Å². The Morgan fingerprint density at radius 3 is 2.72 bits per heavy atom. The van der Waals surface area contributed by atoms with Crippen LogP contribution in [0.2, 0.25) is 0 Å². The van der Waals surface area contributed by atoms with Crippen molar-refractivity contribution in [1.29, 1.82) is 0 Å².